The van der Waals surface area contributed by atoms with E-state index in [0.717, 1.165) is 39.4 Å². The predicted molar refractivity (Wildman–Crippen MR) is 113 cm³/mol. The number of aromatic amines is 1. The second-order valence-corrected chi connectivity index (χ2v) is 6.64. The Kier molecular flexibility index (Phi) is 4.68. The number of aromatic nitrogens is 4. The molecule has 4 aromatic rings. The monoisotopic (exact) mass is 376 g/mol. The molecule has 2 heterocycles. The summed E-state index contributed by atoms with van der Waals surface area (Å²) < 4.78 is 0. The molecule has 2 aromatic carbocycles. The van der Waals surface area contributed by atoms with Gasteiger partial charge in [-0.1, -0.05) is 12.1 Å². The summed E-state index contributed by atoms with van der Waals surface area (Å²) in [6.45, 7) is 1.99. The second-order valence-electron chi connectivity index (χ2n) is 6.32. The standard InChI is InChI=1S/C20H20N6S/c1-13-17-7-6-16(11-18(17)25-24-13)26(2)19-8-9-21-20(23-19)22-15-5-3-4-14(10-15)12-27/h3-11,27H,12H2,1-2H3,(H,24,25)(H,21,22,23). The fourth-order valence-corrected chi connectivity index (χ4v) is 3.15. The summed E-state index contributed by atoms with van der Waals surface area (Å²) in [6, 6.07) is 16.2. The van der Waals surface area contributed by atoms with Crippen molar-refractivity contribution in [3.63, 3.8) is 0 Å². The van der Waals surface area contributed by atoms with E-state index in [0.29, 0.717) is 11.7 Å². The van der Waals surface area contributed by atoms with Crippen LogP contribution in [0.1, 0.15) is 11.3 Å². The molecule has 0 amide bonds. The highest BCUT2D eigenvalue weighted by molar-refractivity contribution is 7.79. The average Bonchev–Trinajstić information content (AvgIpc) is 3.08. The smallest absolute Gasteiger partial charge is 0.229 e. The summed E-state index contributed by atoms with van der Waals surface area (Å²) in [4.78, 5) is 11.0. The minimum atomic E-state index is 0.550. The molecule has 0 bridgehead atoms. The number of anilines is 4. The van der Waals surface area contributed by atoms with Crippen molar-refractivity contribution in [1.82, 2.24) is 20.2 Å². The Labute approximate surface area is 163 Å². The zero-order chi connectivity index (χ0) is 18.8. The van der Waals surface area contributed by atoms with Gasteiger partial charge in [0.05, 0.1) is 11.2 Å². The number of H-pyrrole nitrogens is 1. The Bertz CT molecular complexity index is 1090. The zero-order valence-corrected chi connectivity index (χ0v) is 16.0. The molecule has 7 heteroatoms. The summed E-state index contributed by atoms with van der Waals surface area (Å²) >= 11 is 4.32. The molecule has 136 valence electrons. The molecule has 2 N–H and O–H groups in total. The lowest BCUT2D eigenvalue weighted by atomic mass is 10.2. The maximum Gasteiger partial charge on any atom is 0.229 e. The van der Waals surface area contributed by atoms with Gasteiger partial charge in [-0.3, -0.25) is 5.10 Å². The lowest BCUT2D eigenvalue weighted by Gasteiger charge is -2.19. The SMILES string of the molecule is Cc1n[nH]c2cc(N(C)c3ccnc(Nc4cccc(CS)c4)n3)ccc12. The van der Waals surface area contributed by atoms with Gasteiger partial charge in [-0.15, -0.1) is 0 Å². The summed E-state index contributed by atoms with van der Waals surface area (Å²) in [5.41, 5.74) is 5.10. The Balaban J connectivity index is 1.60. The highest BCUT2D eigenvalue weighted by atomic mass is 32.1. The first-order valence-corrected chi connectivity index (χ1v) is 9.25. The molecule has 2 aromatic heterocycles. The van der Waals surface area contributed by atoms with Crippen LogP contribution in [0.4, 0.5) is 23.1 Å². The maximum absolute atomic E-state index is 4.64. The number of hydrogen-bond donors (Lipinski definition) is 3. The molecule has 0 aliphatic carbocycles. The molecule has 0 saturated carbocycles. The topological polar surface area (TPSA) is 69.7 Å². The number of benzene rings is 2. The fourth-order valence-electron chi connectivity index (χ4n) is 2.96. The molecule has 0 spiro atoms. The lowest BCUT2D eigenvalue weighted by Crippen LogP contribution is -2.12. The van der Waals surface area contributed by atoms with Crippen molar-refractivity contribution in [1.29, 1.82) is 0 Å². The van der Waals surface area contributed by atoms with Crippen molar-refractivity contribution < 1.29 is 0 Å². The number of nitrogens with zero attached hydrogens (tertiary/aromatic N) is 4. The third kappa shape index (κ3) is 3.59. The van der Waals surface area contributed by atoms with Crippen LogP contribution in [0.2, 0.25) is 0 Å². The summed E-state index contributed by atoms with van der Waals surface area (Å²) in [5.74, 6) is 2.04. The van der Waals surface area contributed by atoms with Crippen LogP contribution in [0.5, 0.6) is 0 Å². The van der Waals surface area contributed by atoms with Crippen LogP contribution in [0.25, 0.3) is 10.9 Å². The van der Waals surface area contributed by atoms with E-state index >= 15 is 0 Å². The third-order valence-corrected chi connectivity index (χ3v) is 4.84. The first-order chi connectivity index (χ1) is 13.1. The molecule has 0 unspecified atom stereocenters. The molecule has 0 atom stereocenters. The van der Waals surface area contributed by atoms with Gasteiger partial charge in [-0.05, 0) is 48.9 Å². The van der Waals surface area contributed by atoms with Crippen LogP contribution >= 0.6 is 12.6 Å². The zero-order valence-electron chi connectivity index (χ0n) is 15.1. The van der Waals surface area contributed by atoms with Crippen LogP contribution in [0.15, 0.2) is 54.7 Å². The second kappa shape index (κ2) is 7.28. The van der Waals surface area contributed by atoms with Crippen molar-refractivity contribution >= 4 is 46.7 Å². The van der Waals surface area contributed by atoms with Gasteiger partial charge in [0, 0.05) is 35.8 Å². The summed E-state index contributed by atoms with van der Waals surface area (Å²) in [6.07, 6.45) is 1.75. The highest BCUT2D eigenvalue weighted by Crippen LogP contribution is 2.27. The molecule has 0 radical (unpaired) electrons. The third-order valence-electron chi connectivity index (χ3n) is 4.47. The Morgan fingerprint density at radius 3 is 2.89 bits per heavy atom. The highest BCUT2D eigenvalue weighted by Gasteiger charge is 2.10. The van der Waals surface area contributed by atoms with Gasteiger partial charge in [0.2, 0.25) is 5.95 Å². The van der Waals surface area contributed by atoms with Crippen LogP contribution in [-0.2, 0) is 5.75 Å². The number of thiol groups is 1. The van der Waals surface area contributed by atoms with E-state index in [1.807, 2.05) is 49.2 Å². The molecular weight excluding hydrogens is 356 g/mol. The number of aryl methyl sites for hydroxylation is 1. The first-order valence-electron chi connectivity index (χ1n) is 8.62. The van der Waals surface area contributed by atoms with Gasteiger partial charge >= 0.3 is 0 Å². The quantitative estimate of drug-likeness (QED) is 0.444. The number of hydrogen-bond acceptors (Lipinski definition) is 6. The van der Waals surface area contributed by atoms with E-state index < -0.39 is 0 Å². The van der Waals surface area contributed by atoms with E-state index in [9.17, 15) is 0 Å². The van der Waals surface area contributed by atoms with Gasteiger partial charge in [-0.2, -0.15) is 22.7 Å². The Morgan fingerprint density at radius 2 is 2.04 bits per heavy atom. The van der Waals surface area contributed by atoms with Crippen molar-refractivity contribution in [3.8, 4) is 0 Å². The van der Waals surface area contributed by atoms with Gasteiger partial charge in [0.25, 0.3) is 0 Å². The van der Waals surface area contributed by atoms with Gasteiger partial charge in [0.15, 0.2) is 0 Å². The van der Waals surface area contributed by atoms with E-state index in [-0.39, 0.29) is 0 Å². The normalized spacial score (nSPS) is 10.9. The van der Waals surface area contributed by atoms with Crippen molar-refractivity contribution in [2.75, 3.05) is 17.3 Å². The van der Waals surface area contributed by atoms with E-state index in [1.165, 1.54) is 0 Å². The van der Waals surface area contributed by atoms with Crippen LogP contribution in [-0.4, -0.2) is 27.2 Å². The number of rotatable bonds is 5. The molecule has 0 saturated heterocycles. The van der Waals surface area contributed by atoms with Crippen LogP contribution < -0.4 is 10.2 Å². The molecule has 27 heavy (non-hydrogen) atoms. The van der Waals surface area contributed by atoms with E-state index in [2.05, 4.69) is 56.3 Å². The van der Waals surface area contributed by atoms with Gasteiger partial charge in [-0.25, -0.2) is 4.98 Å². The summed E-state index contributed by atoms with van der Waals surface area (Å²) in [5, 5.41) is 11.7. The summed E-state index contributed by atoms with van der Waals surface area (Å²) in [7, 11) is 1.98. The molecule has 6 nitrogen and oxygen atoms in total. The van der Waals surface area contributed by atoms with Crippen molar-refractivity contribution in [2.45, 2.75) is 12.7 Å². The van der Waals surface area contributed by atoms with Crippen molar-refractivity contribution in [2.24, 2.45) is 0 Å². The molecule has 0 fully saturated rings. The minimum Gasteiger partial charge on any atom is -0.329 e. The average molecular weight is 376 g/mol. The van der Waals surface area contributed by atoms with E-state index in [4.69, 9.17) is 0 Å². The van der Waals surface area contributed by atoms with Crippen LogP contribution in [0, 0.1) is 6.92 Å². The first kappa shape index (κ1) is 17.4. The van der Waals surface area contributed by atoms with Gasteiger partial charge < -0.3 is 10.2 Å². The number of fused-ring (bicyclic) bond motifs is 1. The minimum absolute atomic E-state index is 0.550. The van der Waals surface area contributed by atoms with E-state index in [1.54, 1.807) is 6.20 Å². The molecular formula is C20H20N6S. The Morgan fingerprint density at radius 1 is 1.15 bits per heavy atom. The maximum atomic E-state index is 4.64. The molecule has 0 aliphatic rings. The Hall–Kier alpha value is -3.06. The fraction of sp³-hybridized carbons (Fsp3) is 0.150. The van der Waals surface area contributed by atoms with Gasteiger partial charge in [0.1, 0.15) is 5.82 Å². The molecule has 4 rings (SSSR count). The molecule has 0 aliphatic heterocycles. The predicted octanol–water partition coefficient (Wildman–Crippen LogP) is 4.60. The largest absolute Gasteiger partial charge is 0.329 e. The van der Waals surface area contributed by atoms with Crippen LogP contribution in [0.3, 0.4) is 0 Å². The van der Waals surface area contributed by atoms with Crippen molar-refractivity contribution in [3.05, 3.63) is 66.0 Å². The number of nitrogens with one attached hydrogen (secondary N) is 2. The lowest BCUT2D eigenvalue weighted by molar-refractivity contribution is 1.07.